The highest BCUT2D eigenvalue weighted by Gasteiger charge is 2.28. The number of aromatic nitrogens is 1. The number of hydrogen-bond donors (Lipinski definition) is 0. The van der Waals surface area contributed by atoms with Crippen LogP contribution in [0.5, 0.6) is 5.75 Å². The fraction of sp³-hybridized carbons (Fsp3) is 0.514. The number of hydrogen-bond acceptors (Lipinski definition) is 3. The summed E-state index contributed by atoms with van der Waals surface area (Å²) in [6, 6.07) is 13.7. The van der Waals surface area contributed by atoms with Gasteiger partial charge in [0.15, 0.2) is 5.75 Å². The molecule has 0 N–H and O–H groups in total. The van der Waals surface area contributed by atoms with Crippen LogP contribution in [0.1, 0.15) is 120 Å². The normalized spacial score (nSPS) is 20.1. The molecule has 2 saturated carbocycles. The first-order chi connectivity index (χ1) is 19.2. The molecule has 0 spiro atoms. The van der Waals surface area contributed by atoms with Gasteiger partial charge in [-0.3, -0.25) is 0 Å². The molecule has 0 radical (unpaired) electrons. The van der Waals surface area contributed by atoms with Crippen LogP contribution in [0.25, 0.3) is 17.2 Å². The highest BCUT2D eigenvalue weighted by Crippen LogP contribution is 2.43. The molecule has 3 aliphatic rings. The number of fused-ring (bicyclic) bond motifs is 2. The molecule has 2 fully saturated rings. The van der Waals surface area contributed by atoms with Crippen LogP contribution in [0.3, 0.4) is 0 Å². The molecule has 0 bridgehead atoms. The number of ether oxygens (including phenoxy) is 1. The van der Waals surface area contributed by atoms with E-state index in [1.807, 2.05) is 0 Å². The Balaban J connectivity index is 1.30. The Morgan fingerprint density at radius 1 is 0.872 bits per heavy atom. The summed E-state index contributed by atoms with van der Waals surface area (Å²) in [6.45, 7) is 8.40. The summed E-state index contributed by atoms with van der Waals surface area (Å²) in [4.78, 5) is 2.33. The first-order valence-electron chi connectivity index (χ1n) is 15.7. The van der Waals surface area contributed by atoms with Crippen LogP contribution in [0.4, 0.5) is 5.69 Å². The van der Waals surface area contributed by atoms with E-state index in [1.165, 1.54) is 92.1 Å². The summed E-state index contributed by atoms with van der Waals surface area (Å²) in [6.07, 6.45) is 18.8. The van der Waals surface area contributed by atoms with Crippen molar-refractivity contribution in [3.8, 4) is 5.75 Å². The Bertz CT molecular complexity index is 1370. The second-order valence-electron chi connectivity index (χ2n) is 11.7. The van der Waals surface area contributed by atoms with Gasteiger partial charge in [-0.1, -0.05) is 57.6 Å². The standard InChI is InChI=1S/C35H45N2O2/c1-4-25(21-34-36(5-2)30-23-28(17-19-32(30)38-34)26-13-9-7-10-14-26)22-35-37(6-3)31-24-29(18-20-33(31)39-35)27-15-11-8-12-16-27/h17-24,26-27H,4-16H2,1-3H3/q+1. The molecule has 1 aliphatic heterocycles. The van der Waals surface area contributed by atoms with Crippen LogP contribution in [0, 0.1) is 0 Å². The number of allylic oxidation sites excluding steroid dienone is 2. The average Bonchev–Trinajstić information content (AvgIpc) is 3.53. The maximum absolute atomic E-state index is 6.43. The first-order valence-corrected chi connectivity index (χ1v) is 15.7. The lowest BCUT2D eigenvalue weighted by atomic mass is 9.84. The van der Waals surface area contributed by atoms with Gasteiger partial charge in [-0.2, -0.15) is 4.57 Å². The van der Waals surface area contributed by atoms with Crippen LogP contribution in [-0.4, -0.2) is 6.54 Å². The zero-order valence-corrected chi connectivity index (χ0v) is 24.2. The summed E-state index contributed by atoms with van der Waals surface area (Å²) < 4.78 is 15.2. The Labute approximate surface area is 234 Å². The van der Waals surface area contributed by atoms with E-state index >= 15 is 0 Å². The van der Waals surface area contributed by atoms with Crippen molar-refractivity contribution in [2.24, 2.45) is 0 Å². The predicted octanol–water partition coefficient (Wildman–Crippen LogP) is 9.39. The maximum Gasteiger partial charge on any atom is 0.374 e. The van der Waals surface area contributed by atoms with E-state index < -0.39 is 0 Å². The molecule has 206 valence electrons. The summed E-state index contributed by atoms with van der Waals surface area (Å²) in [7, 11) is 0. The summed E-state index contributed by atoms with van der Waals surface area (Å²) in [5.74, 6) is 4.19. The van der Waals surface area contributed by atoms with Crippen molar-refractivity contribution in [3.05, 3.63) is 70.9 Å². The second kappa shape index (κ2) is 11.6. The fourth-order valence-electron chi connectivity index (χ4n) is 7.05. The summed E-state index contributed by atoms with van der Waals surface area (Å²) in [5, 5.41) is 0. The first kappa shape index (κ1) is 26.2. The van der Waals surface area contributed by atoms with Crippen LogP contribution < -0.4 is 14.2 Å². The monoisotopic (exact) mass is 525 g/mol. The number of rotatable bonds is 7. The Morgan fingerprint density at radius 2 is 1.54 bits per heavy atom. The third-order valence-electron chi connectivity index (χ3n) is 9.32. The van der Waals surface area contributed by atoms with Gasteiger partial charge in [-0.05, 0) is 92.7 Å². The van der Waals surface area contributed by atoms with Gasteiger partial charge in [0.2, 0.25) is 11.5 Å². The molecular weight excluding hydrogens is 480 g/mol. The van der Waals surface area contributed by atoms with Gasteiger partial charge < -0.3 is 14.1 Å². The minimum absolute atomic E-state index is 0.693. The van der Waals surface area contributed by atoms with Crippen molar-refractivity contribution in [1.82, 2.24) is 0 Å². The molecule has 6 rings (SSSR count). The number of oxazole rings is 1. The lowest BCUT2D eigenvalue weighted by molar-refractivity contribution is -0.674. The molecule has 2 heterocycles. The predicted molar refractivity (Wildman–Crippen MR) is 160 cm³/mol. The van der Waals surface area contributed by atoms with Crippen LogP contribution >= 0.6 is 0 Å². The SMILES string of the molecule is CCC(/C=C1\Oc2ccc(C3CCCCC3)cc2N1CC)=C\c1oc2ccc(C3CCCCC3)cc2[n+]1CC. The zero-order chi connectivity index (χ0) is 26.8. The second-order valence-corrected chi connectivity index (χ2v) is 11.7. The molecule has 0 atom stereocenters. The fourth-order valence-corrected chi connectivity index (χ4v) is 7.05. The molecule has 3 aromatic rings. The third kappa shape index (κ3) is 5.27. The van der Waals surface area contributed by atoms with E-state index in [4.69, 9.17) is 9.15 Å². The number of aryl methyl sites for hydroxylation is 1. The van der Waals surface area contributed by atoms with Crippen LogP contribution in [-0.2, 0) is 6.54 Å². The van der Waals surface area contributed by atoms with Crippen molar-refractivity contribution in [2.45, 2.75) is 110 Å². The molecule has 1 aromatic heterocycles. The number of anilines is 1. The molecule has 0 saturated heterocycles. The molecule has 0 unspecified atom stereocenters. The largest absolute Gasteiger partial charge is 0.439 e. The van der Waals surface area contributed by atoms with E-state index in [9.17, 15) is 0 Å². The van der Waals surface area contributed by atoms with Crippen LogP contribution in [0.15, 0.2) is 58.3 Å². The van der Waals surface area contributed by atoms with Gasteiger partial charge in [0, 0.05) is 18.7 Å². The van der Waals surface area contributed by atoms with Gasteiger partial charge in [0.05, 0.1) is 11.8 Å². The van der Waals surface area contributed by atoms with Crippen molar-refractivity contribution >= 4 is 22.9 Å². The molecule has 4 nitrogen and oxygen atoms in total. The highest BCUT2D eigenvalue weighted by molar-refractivity contribution is 5.72. The van der Waals surface area contributed by atoms with Gasteiger partial charge >= 0.3 is 5.89 Å². The lowest BCUT2D eigenvalue weighted by Gasteiger charge is -2.23. The van der Waals surface area contributed by atoms with E-state index in [1.54, 1.807) is 0 Å². The average molecular weight is 526 g/mol. The van der Waals surface area contributed by atoms with E-state index in [0.717, 1.165) is 42.6 Å². The molecule has 2 aromatic carbocycles. The van der Waals surface area contributed by atoms with Gasteiger partial charge in [0.1, 0.15) is 6.54 Å². The smallest absolute Gasteiger partial charge is 0.374 e. The van der Waals surface area contributed by atoms with Crippen LogP contribution in [0.2, 0.25) is 0 Å². The van der Waals surface area contributed by atoms with Crippen molar-refractivity contribution < 1.29 is 13.7 Å². The quantitative estimate of drug-likeness (QED) is 0.288. The van der Waals surface area contributed by atoms with Gasteiger partial charge in [0.25, 0.3) is 5.52 Å². The van der Waals surface area contributed by atoms with Crippen molar-refractivity contribution in [2.75, 3.05) is 11.4 Å². The summed E-state index contributed by atoms with van der Waals surface area (Å²) >= 11 is 0. The van der Waals surface area contributed by atoms with Crippen molar-refractivity contribution in [1.29, 1.82) is 0 Å². The Morgan fingerprint density at radius 3 is 2.18 bits per heavy atom. The molecule has 2 aliphatic carbocycles. The minimum atomic E-state index is 0.693. The number of benzene rings is 2. The topological polar surface area (TPSA) is 29.5 Å². The Hall–Kier alpha value is -3.01. The zero-order valence-electron chi connectivity index (χ0n) is 24.2. The van der Waals surface area contributed by atoms with E-state index in [0.29, 0.717) is 11.8 Å². The van der Waals surface area contributed by atoms with E-state index in [-0.39, 0.29) is 0 Å². The number of nitrogens with zero attached hydrogens (tertiary/aromatic N) is 2. The molecule has 39 heavy (non-hydrogen) atoms. The maximum atomic E-state index is 6.43. The lowest BCUT2D eigenvalue weighted by Crippen LogP contribution is -2.33. The Kier molecular flexibility index (Phi) is 7.81. The van der Waals surface area contributed by atoms with E-state index in [2.05, 4.69) is 78.8 Å². The molecule has 0 amide bonds. The molecule has 4 heteroatoms. The summed E-state index contributed by atoms with van der Waals surface area (Å²) in [5.41, 5.74) is 7.55. The third-order valence-corrected chi connectivity index (χ3v) is 9.32. The minimum Gasteiger partial charge on any atom is -0.439 e. The van der Waals surface area contributed by atoms with Gasteiger partial charge in [-0.15, -0.1) is 0 Å². The molecular formula is C35H45N2O2+. The highest BCUT2D eigenvalue weighted by atomic mass is 16.5. The van der Waals surface area contributed by atoms with Crippen molar-refractivity contribution in [3.63, 3.8) is 0 Å². The van der Waals surface area contributed by atoms with Gasteiger partial charge in [-0.25, -0.2) is 0 Å².